The van der Waals surface area contributed by atoms with Gasteiger partial charge in [0.15, 0.2) is 5.54 Å². The van der Waals surface area contributed by atoms with Crippen molar-refractivity contribution >= 4 is 23.7 Å². The van der Waals surface area contributed by atoms with Crippen molar-refractivity contribution in [2.24, 2.45) is 5.92 Å². The average Bonchev–Trinajstić information content (AvgIpc) is 3.41. The minimum absolute atomic E-state index is 0.0201. The summed E-state index contributed by atoms with van der Waals surface area (Å²) in [6.07, 6.45) is 1.58. The van der Waals surface area contributed by atoms with Crippen LogP contribution in [-0.4, -0.2) is 35.3 Å². The van der Waals surface area contributed by atoms with Gasteiger partial charge in [-0.1, -0.05) is 11.8 Å². The van der Waals surface area contributed by atoms with Crippen LogP contribution in [0, 0.1) is 23.6 Å². The van der Waals surface area contributed by atoms with Gasteiger partial charge in [0.25, 0.3) is 5.92 Å². The van der Waals surface area contributed by atoms with Crippen molar-refractivity contribution in [3.8, 4) is 11.8 Å². The van der Waals surface area contributed by atoms with Gasteiger partial charge in [0, 0.05) is 29.7 Å². The molecular formula is C19H17F3N4O3. The van der Waals surface area contributed by atoms with E-state index in [-0.39, 0.29) is 29.3 Å². The second-order valence-corrected chi connectivity index (χ2v) is 7.39. The quantitative estimate of drug-likeness (QED) is 0.531. The lowest BCUT2D eigenvalue weighted by molar-refractivity contribution is -0.125. The standard InChI is InChI=1S/C19H17F3N4O3/c1-18(21,22)19(5-4-10-2-3-10)12-7-13(20)11(6-14(12)24-16(28)25-19)9-26-15(27)8-23-17(26)29/h6-7,10H,2-3,8-9H2,1H3,(H,23,29)(H2,24,25,28)/t19-/m0/s1. The maximum atomic E-state index is 14.8. The van der Waals surface area contributed by atoms with Gasteiger partial charge < -0.3 is 16.0 Å². The van der Waals surface area contributed by atoms with Crippen LogP contribution in [0.15, 0.2) is 12.1 Å². The van der Waals surface area contributed by atoms with Crippen molar-refractivity contribution in [1.82, 2.24) is 15.5 Å². The first-order chi connectivity index (χ1) is 13.6. The molecule has 0 radical (unpaired) electrons. The van der Waals surface area contributed by atoms with Crippen molar-refractivity contribution in [3.05, 3.63) is 29.1 Å². The van der Waals surface area contributed by atoms with Crippen LogP contribution in [0.3, 0.4) is 0 Å². The molecule has 0 aromatic heterocycles. The number of anilines is 1. The minimum Gasteiger partial charge on any atom is -0.329 e. The second-order valence-electron chi connectivity index (χ2n) is 7.39. The Balaban J connectivity index is 1.80. The highest BCUT2D eigenvalue weighted by Gasteiger charge is 2.55. The summed E-state index contributed by atoms with van der Waals surface area (Å²) < 4.78 is 44.2. The van der Waals surface area contributed by atoms with Crippen LogP contribution >= 0.6 is 0 Å². The molecule has 29 heavy (non-hydrogen) atoms. The number of hydrogen-bond donors (Lipinski definition) is 3. The number of amides is 5. The predicted octanol–water partition coefficient (Wildman–Crippen LogP) is 2.28. The highest BCUT2D eigenvalue weighted by atomic mass is 19.3. The molecule has 1 atom stereocenters. The van der Waals surface area contributed by atoms with Gasteiger partial charge in [-0.15, -0.1) is 0 Å². The number of imide groups is 1. The molecule has 2 heterocycles. The van der Waals surface area contributed by atoms with Crippen LogP contribution in [0.1, 0.15) is 30.9 Å². The largest absolute Gasteiger partial charge is 0.329 e. The molecule has 4 rings (SSSR count). The van der Waals surface area contributed by atoms with E-state index in [2.05, 4.69) is 27.8 Å². The number of carbonyl (C=O) groups excluding carboxylic acids is 3. The highest BCUT2D eigenvalue weighted by Crippen LogP contribution is 2.44. The molecule has 1 aliphatic carbocycles. The van der Waals surface area contributed by atoms with Crippen LogP contribution in [-0.2, 0) is 16.9 Å². The lowest BCUT2D eigenvalue weighted by Gasteiger charge is -2.40. The van der Waals surface area contributed by atoms with E-state index < -0.39 is 41.8 Å². The molecule has 5 amide bonds. The summed E-state index contributed by atoms with van der Waals surface area (Å²) in [5, 5.41) is 6.87. The summed E-state index contributed by atoms with van der Waals surface area (Å²) in [6, 6.07) is 0.440. The molecule has 0 spiro atoms. The van der Waals surface area contributed by atoms with Gasteiger partial charge in [0.1, 0.15) is 5.82 Å². The van der Waals surface area contributed by atoms with Crippen molar-refractivity contribution in [3.63, 3.8) is 0 Å². The smallest absolute Gasteiger partial charge is 0.324 e. The molecule has 7 nitrogen and oxygen atoms in total. The van der Waals surface area contributed by atoms with E-state index in [1.54, 1.807) is 0 Å². The Morgan fingerprint density at radius 3 is 2.59 bits per heavy atom. The summed E-state index contributed by atoms with van der Waals surface area (Å²) in [6.45, 7) is 0.0212. The zero-order chi connectivity index (χ0) is 21.0. The lowest BCUT2D eigenvalue weighted by Crippen LogP contribution is -2.59. The zero-order valence-electron chi connectivity index (χ0n) is 15.4. The average molecular weight is 406 g/mol. The third-order valence-electron chi connectivity index (χ3n) is 5.10. The van der Waals surface area contributed by atoms with Gasteiger partial charge in [0.2, 0.25) is 5.91 Å². The van der Waals surface area contributed by atoms with Crippen molar-refractivity contribution < 1.29 is 27.6 Å². The first-order valence-electron chi connectivity index (χ1n) is 9.01. The first kappa shape index (κ1) is 19.1. The van der Waals surface area contributed by atoms with Crippen molar-refractivity contribution in [2.75, 3.05) is 11.9 Å². The Kier molecular flexibility index (Phi) is 4.22. The topological polar surface area (TPSA) is 90.5 Å². The van der Waals surface area contributed by atoms with E-state index in [4.69, 9.17) is 0 Å². The molecule has 3 aliphatic rings. The Hall–Kier alpha value is -3.22. The molecule has 1 saturated carbocycles. The summed E-state index contributed by atoms with van der Waals surface area (Å²) in [4.78, 5) is 36.4. The number of carbonyl (C=O) groups is 3. The van der Waals surface area contributed by atoms with Gasteiger partial charge in [0.05, 0.1) is 13.1 Å². The zero-order valence-corrected chi connectivity index (χ0v) is 15.4. The van der Waals surface area contributed by atoms with E-state index in [1.165, 1.54) is 0 Å². The first-order valence-corrected chi connectivity index (χ1v) is 9.01. The fourth-order valence-corrected chi connectivity index (χ4v) is 3.32. The second kappa shape index (κ2) is 6.40. The molecule has 1 aromatic rings. The number of hydrogen-bond acceptors (Lipinski definition) is 3. The van der Waals surface area contributed by atoms with E-state index in [0.717, 1.165) is 29.9 Å². The van der Waals surface area contributed by atoms with Crippen LogP contribution in [0.25, 0.3) is 0 Å². The molecule has 1 aromatic carbocycles. The van der Waals surface area contributed by atoms with Gasteiger partial charge in [-0.25, -0.2) is 22.8 Å². The number of rotatable bonds is 3. The highest BCUT2D eigenvalue weighted by molar-refractivity contribution is 6.02. The number of benzene rings is 1. The monoisotopic (exact) mass is 406 g/mol. The van der Waals surface area contributed by atoms with Gasteiger partial charge in [-0.3, -0.25) is 9.69 Å². The molecule has 0 bridgehead atoms. The van der Waals surface area contributed by atoms with Gasteiger partial charge in [-0.05, 0) is 25.0 Å². The summed E-state index contributed by atoms with van der Waals surface area (Å²) in [5.74, 6) is 0.263. The van der Waals surface area contributed by atoms with Gasteiger partial charge >= 0.3 is 12.1 Å². The van der Waals surface area contributed by atoms with Crippen LogP contribution in [0.2, 0.25) is 0 Å². The Bertz CT molecular complexity index is 975. The summed E-state index contributed by atoms with van der Waals surface area (Å²) in [7, 11) is 0. The number of nitrogens with zero attached hydrogens (tertiary/aromatic N) is 1. The molecule has 2 aliphatic heterocycles. The third kappa shape index (κ3) is 3.26. The fourth-order valence-electron chi connectivity index (χ4n) is 3.32. The lowest BCUT2D eigenvalue weighted by atomic mass is 9.81. The van der Waals surface area contributed by atoms with Crippen molar-refractivity contribution in [2.45, 2.75) is 37.8 Å². The third-order valence-corrected chi connectivity index (χ3v) is 5.10. The van der Waals surface area contributed by atoms with Crippen LogP contribution in [0.5, 0.6) is 0 Å². The molecule has 10 heteroatoms. The predicted molar refractivity (Wildman–Crippen MR) is 95.3 cm³/mol. The van der Waals surface area contributed by atoms with Crippen molar-refractivity contribution in [1.29, 1.82) is 0 Å². The number of alkyl halides is 2. The molecule has 2 fully saturated rings. The number of fused-ring (bicyclic) bond motifs is 1. The Morgan fingerprint density at radius 2 is 2.00 bits per heavy atom. The normalized spacial score (nSPS) is 23.6. The fraction of sp³-hybridized carbons (Fsp3) is 0.421. The molecule has 152 valence electrons. The summed E-state index contributed by atoms with van der Waals surface area (Å²) >= 11 is 0. The van der Waals surface area contributed by atoms with E-state index in [9.17, 15) is 27.6 Å². The molecular weight excluding hydrogens is 389 g/mol. The maximum absolute atomic E-state index is 14.8. The van der Waals surface area contributed by atoms with Crippen LogP contribution < -0.4 is 16.0 Å². The Labute approximate surface area is 164 Å². The van der Waals surface area contributed by atoms with Crippen LogP contribution in [0.4, 0.5) is 28.4 Å². The minimum atomic E-state index is -3.51. The van der Waals surface area contributed by atoms with Gasteiger partial charge in [-0.2, -0.15) is 0 Å². The van der Waals surface area contributed by atoms with E-state index in [1.807, 2.05) is 0 Å². The Morgan fingerprint density at radius 1 is 1.28 bits per heavy atom. The molecule has 0 unspecified atom stereocenters. The number of halogens is 3. The number of nitrogens with one attached hydrogen (secondary N) is 3. The van der Waals surface area contributed by atoms with E-state index in [0.29, 0.717) is 6.92 Å². The molecule has 1 saturated heterocycles. The number of urea groups is 2. The SMILES string of the molecule is CC(F)(F)[C@@]1(C#CC2CC2)NC(=O)Nc2cc(CN3C(=O)CNC3=O)c(F)cc21. The maximum Gasteiger partial charge on any atom is 0.324 e. The molecule has 3 N–H and O–H groups in total. The summed E-state index contributed by atoms with van der Waals surface area (Å²) in [5.41, 5.74) is -2.76. The van der Waals surface area contributed by atoms with E-state index >= 15 is 0 Å².